The van der Waals surface area contributed by atoms with E-state index in [4.69, 9.17) is 9.47 Å². The average Bonchev–Trinajstić information content (AvgIpc) is 2.48. The number of rotatable bonds is 6. The van der Waals surface area contributed by atoms with Gasteiger partial charge in [0.05, 0.1) is 11.1 Å². The molecule has 1 aromatic rings. The predicted octanol–water partition coefficient (Wildman–Crippen LogP) is 4.52. The number of nitrogens with one attached hydrogen (secondary N) is 1. The predicted molar refractivity (Wildman–Crippen MR) is 92.9 cm³/mol. The van der Waals surface area contributed by atoms with E-state index in [2.05, 4.69) is 50.2 Å². The van der Waals surface area contributed by atoms with E-state index in [1.807, 2.05) is 13.0 Å². The summed E-state index contributed by atoms with van der Waals surface area (Å²) in [6.07, 6.45) is 2.29. The largest absolute Gasteiger partial charge is 0.492 e. The van der Waals surface area contributed by atoms with Crippen LogP contribution >= 0.6 is 31.9 Å². The van der Waals surface area contributed by atoms with Gasteiger partial charge < -0.3 is 14.8 Å². The van der Waals surface area contributed by atoms with Gasteiger partial charge in [-0.3, -0.25) is 0 Å². The molecule has 1 aromatic carbocycles. The molecule has 1 aliphatic heterocycles. The van der Waals surface area contributed by atoms with E-state index in [9.17, 15) is 0 Å². The Morgan fingerprint density at radius 1 is 1.33 bits per heavy atom. The molecule has 118 valence electrons. The third-order valence-electron chi connectivity index (χ3n) is 3.96. The third kappa shape index (κ3) is 4.95. The lowest BCUT2D eigenvalue weighted by Gasteiger charge is -2.28. The lowest BCUT2D eigenvalue weighted by Crippen LogP contribution is -2.36. The summed E-state index contributed by atoms with van der Waals surface area (Å²) in [5.41, 5.74) is 1.18. The minimum absolute atomic E-state index is 0.487. The van der Waals surface area contributed by atoms with E-state index in [0.29, 0.717) is 18.6 Å². The fourth-order valence-electron chi connectivity index (χ4n) is 2.70. The van der Waals surface area contributed by atoms with E-state index in [0.717, 1.165) is 47.3 Å². The molecular weight excluding hydrogens is 398 g/mol. The highest BCUT2D eigenvalue weighted by Crippen LogP contribution is 2.33. The van der Waals surface area contributed by atoms with E-state index in [1.54, 1.807) is 0 Å². The molecular formula is C16H23Br2NO2. The quantitative estimate of drug-likeness (QED) is 0.733. The number of hydrogen-bond donors (Lipinski definition) is 1. The van der Waals surface area contributed by atoms with Crippen LogP contribution in [0.1, 0.15) is 32.3 Å². The zero-order chi connectivity index (χ0) is 15.2. The average molecular weight is 421 g/mol. The maximum Gasteiger partial charge on any atom is 0.138 e. The van der Waals surface area contributed by atoms with Gasteiger partial charge in [0.15, 0.2) is 0 Å². The summed E-state index contributed by atoms with van der Waals surface area (Å²) in [5.74, 6) is 1.64. The number of benzene rings is 1. The summed E-state index contributed by atoms with van der Waals surface area (Å²) in [5, 5.41) is 3.64. The molecule has 0 radical (unpaired) electrons. The zero-order valence-corrected chi connectivity index (χ0v) is 15.8. The standard InChI is InChI=1S/C16H23Br2NO2/c1-3-21-16-13(8-14(17)9-15(16)18)10-19-11(2)12-4-6-20-7-5-12/h8-9,11-12,19H,3-7,10H2,1-2H3. The SMILES string of the molecule is CCOc1c(Br)cc(Br)cc1CNC(C)C1CCOCC1. The van der Waals surface area contributed by atoms with Crippen molar-refractivity contribution in [3.8, 4) is 5.75 Å². The van der Waals surface area contributed by atoms with Crippen LogP contribution in [0.5, 0.6) is 5.75 Å². The lowest BCUT2D eigenvalue weighted by molar-refractivity contribution is 0.0557. The molecule has 0 saturated carbocycles. The van der Waals surface area contributed by atoms with E-state index < -0.39 is 0 Å². The van der Waals surface area contributed by atoms with Crippen molar-refractivity contribution in [2.45, 2.75) is 39.3 Å². The second-order valence-electron chi connectivity index (χ2n) is 5.43. The molecule has 5 heteroatoms. The molecule has 3 nitrogen and oxygen atoms in total. The number of ether oxygens (including phenoxy) is 2. The van der Waals surface area contributed by atoms with Crippen LogP contribution in [0.3, 0.4) is 0 Å². The van der Waals surface area contributed by atoms with Crippen molar-refractivity contribution in [1.29, 1.82) is 0 Å². The van der Waals surface area contributed by atoms with Gasteiger partial charge in [0, 0.05) is 35.8 Å². The summed E-state index contributed by atoms with van der Waals surface area (Å²) in [6, 6.07) is 4.64. The smallest absolute Gasteiger partial charge is 0.138 e. The Morgan fingerprint density at radius 3 is 2.71 bits per heavy atom. The van der Waals surface area contributed by atoms with Crippen molar-refractivity contribution in [2.75, 3.05) is 19.8 Å². The van der Waals surface area contributed by atoms with Crippen LogP contribution in [0, 0.1) is 5.92 Å². The Labute approximate surface area is 144 Å². The van der Waals surface area contributed by atoms with Crippen LogP contribution in [0.15, 0.2) is 21.1 Å². The monoisotopic (exact) mass is 419 g/mol. The van der Waals surface area contributed by atoms with Crippen molar-refractivity contribution in [3.05, 3.63) is 26.6 Å². The first-order chi connectivity index (χ1) is 10.1. The maximum absolute atomic E-state index is 5.77. The minimum Gasteiger partial charge on any atom is -0.492 e. The zero-order valence-electron chi connectivity index (χ0n) is 12.6. The minimum atomic E-state index is 0.487. The molecule has 0 aromatic heterocycles. The second-order valence-corrected chi connectivity index (χ2v) is 7.20. The second kappa shape index (κ2) is 8.51. The van der Waals surface area contributed by atoms with Gasteiger partial charge in [-0.1, -0.05) is 15.9 Å². The van der Waals surface area contributed by atoms with Gasteiger partial charge in [-0.05, 0) is 60.7 Å². The van der Waals surface area contributed by atoms with Crippen LogP contribution < -0.4 is 10.1 Å². The third-order valence-corrected chi connectivity index (χ3v) is 5.01. The Bertz CT molecular complexity index is 462. The summed E-state index contributed by atoms with van der Waals surface area (Å²) in [6.45, 7) is 7.54. The highest BCUT2D eigenvalue weighted by atomic mass is 79.9. The summed E-state index contributed by atoms with van der Waals surface area (Å²) >= 11 is 7.14. The molecule has 1 saturated heterocycles. The van der Waals surface area contributed by atoms with Crippen LogP contribution in [-0.2, 0) is 11.3 Å². The van der Waals surface area contributed by atoms with Gasteiger partial charge in [-0.2, -0.15) is 0 Å². The number of halogens is 2. The van der Waals surface area contributed by atoms with Gasteiger partial charge in [0.25, 0.3) is 0 Å². The molecule has 0 amide bonds. The first kappa shape index (κ1) is 17.3. The van der Waals surface area contributed by atoms with Crippen molar-refractivity contribution in [1.82, 2.24) is 5.32 Å². The number of hydrogen-bond acceptors (Lipinski definition) is 3. The lowest BCUT2D eigenvalue weighted by atomic mass is 9.93. The molecule has 21 heavy (non-hydrogen) atoms. The molecule has 1 fully saturated rings. The molecule has 1 atom stereocenters. The Hall–Kier alpha value is -0.100. The summed E-state index contributed by atoms with van der Waals surface area (Å²) < 4.78 is 13.3. The molecule has 1 unspecified atom stereocenters. The normalized spacial score (nSPS) is 17.7. The Morgan fingerprint density at radius 2 is 2.05 bits per heavy atom. The van der Waals surface area contributed by atoms with Crippen molar-refractivity contribution in [3.63, 3.8) is 0 Å². The first-order valence-electron chi connectivity index (χ1n) is 7.53. The highest BCUT2D eigenvalue weighted by Gasteiger charge is 2.20. The molecule has 0 bridgehead atoms. The van der Waals surface area contributed by atoms with Crippen LogP contribution in [-0.4, -0.2) is 25.9 Å². The van der Waals surface area contributed by atoms with Gasteiger partial charge in [-0.15, -0.1) is 0 Å². The molecule has 1 aliphatic rings. The van der Waals surface area contributed by atoms with E-state index >= 15 is 0 Å². The van der Waals surface area contributed by atoms with Crippen molar-refractivity contribution in [2.24, 2.45) is 5.92 Å². The fraction of sp³-hybridized carbons (Fsp3) is 0.625. The highest BCUT2D eigenvalue weighted by molar-refractivity contribution is 9.11. The summed E-state index contributed by atoms with van der Waals surface area (Å²) in [7, 11) is 0. The topological polar surface area (TPSA) is 30.5 Å². The van der Waals surface area contributed by atoms with Crippen molar-refractivity contribution < 1.29 is 9.47 Å². The molecule has 0 aliphatic carbocycles. The molecule has 1 N–H and O–H groups in total. The fourth-order valence-corrected chi connectivity index (χ4v) is 4.13. The van der Waals surface area contributed by atoms with E-state index in [-0.39, 0.29) is 0 Å². The molecule has 1 heterocycles. The first-order valence-corrected chi connectivity index (χ1v) is 9.12. The Kier molecular flexibility index (Phi) is 6.99. The maximum atomic E-state index is 5.77. The van der Waals surface area contributed by atoms with Crippen LogP contribution in [0.4, 0.5) is 0 Å². The summed E-state index contributed by atoms with van der Waals surface area (Å²) in [4.78, 5) is 0. The molecule has 2 rings (SSSR count). The van der Waals surface area contributed by atoms with Crippen molar-refractivity contribution >= 4 is 31.9 Å². The van der Waals surface area contributed by atoms with Gasteiger partial charge in [0.1, 0.15) is 5.75 Å². The van der Waals surface area contributed by atoms with Crippen LogP contribution in [0.2, 0.25) is 0 Å². The van der Waals surface area contributed by atoms with E-state index in [1.165, 1.54) is 5.56 Å². The molecule has 0 spiro atoms. The van der Waals surface area contributed by atoms with Gasteiger partial charge >= 0.3 is 0 Å². The Balaban J connectivity index is 2.01. The van der Waals surface area contributed by atoms with Gasteiger partial charge in [-0.25, -0.2) is 0 Å². The van der Waals surface area contributed by atoms with Gasteiger partial charge in [0.2, 0.25) is 0 Å². The van der Waals surface area contributed by atoms with Crippen LogP contribution in [0.25, 0.3) is 0 Å².